The van der Waals surface area contributed by atoms with Crippen molar-refractivity contribution >= 4 is 9.84 Å². The van der Waals surface area contributed by atoms with Crippen LogP contribution >= 0.6 is 0 Å². The predicted molar refractivity (Wildman–Crippen MR) is 69.8 cm³/mol. The second-order valence-corrected chi connectivity index (χ2v) is 7.01. The molecule has 1 atom stereocenters. The first-order valence-corrected chi connectivity index (χ1v) is 8.35. The van der Waals surface area contributed by atoms with Gasteiger partial charge in [-0.1, -0.05) is 0 Å². The SMILES string of the molecule is CCOC1(C(CCS(C)(=O)=O)NN)CCOCC1. The molecule has 1 aliphatic heterocycles. The van der Waals surface area contributed by atoms with Crippen LogP contribution in [0, 0.1) is 0 Å². The first-order chi connectivity index (χ1) is 8.43. The minimum atomic E-state index is -2.99. The average molecular weight is 280 g/mol. The van der Waals surface area contributed by atoms with E-state index in [0.717, 1.165) is 12.8 Å². The highest BCUT2D eigenvalue weighted by Gasteiger charge is 2.40. The number of rotatable bonds is 7. The second-order valence-electron chi connectivity index (χ2n) is 4.75. The standard InChI is InChI=1S/C11H24N2O4S/c1-3-17-11(5-7-16-8-6-11)10(13-12)4-9-18(2,14)15/h10,13H,3-9,12H2,1-2H3. The van der Waals surface area contributed by atoms with E-state index < -0.39 is 15.4 Å². The van der Waals surface area contributed by atoms with Gasteiger partial charge in [-0.2, -0.15) is 0 Å². The lowest BCUT2D eigenvalue weighted by Gasteiger charge is -2.42. The van der Waals surface area contributed by atoms with Gasteiger partial charge in [0, 0.05) is 38.9 Å². The second kappa shape index (κ2) is 6.81. The fourth-order valence-corrected chi connectivity index (χ4v) is 3.09. The number of hydrogen-bond acceptors (Lipinski definition) is 6. The Hall–Kier alpha value is -0.210. The van der Waals surface area contributed by atoms with E-state index >= 15 is 0 Å². The normalized spacial score (nSPS) is 21.7. The van der Waals surface area contributed by atoms with Gasteiger partial charge in [0.05, 0.1) is 17.4 Å². The maximum Gasteiger partial charge on any atom is 0.147 e. The number of hydrazine groups is 1. The van der Waals surface area contributed by atoms with Gasteiger partial charge < -0.3 is 9.47 Å². The Morgan fingerprint density at radius 1 is 1.44 bits per heavy atom. The van der Waals surface area contributed by atoms with Crippen molar-refractivity contribution in [2.75, 3.05) is 31.8 Å². The van der Waals surface area contributed by atoms with Crippen LogP contribution < -0.4 is 11.3 Å². The van der Waals surface area contributed by atoms with Crippen LogP contribution in [0.3, 0.4) is 0 Å². The Labute approximate surface area is 109 Å². The smallest absolute Gasteiger partial charge is 0.147 e. The summed E-state index contributed by atoms with van der Waals surface area (Å²) in [6.07, 6.45) is 3.16. The van der Waals surface area contributed by atoms with Gasteiger partial charge in [-0.25, -0.2) is 8.42 Å². The highest BCUT2D eigenvalue weighted by atomic mass is 32.2. The summed E-state index contributed by atoms with van der Waals surface area (Å²) in [7, 11) is -2.99. The number of sulfone groups is 1. The molecule has 0 radical (unpaired) electrons. The highest BCUT2D eigenvalue weighted by molar-refractivity contribution is 7.90. The molecule has 108 valence electrons. The molecule has 0 amide bonds. The molecular formula is C11H24N2O4S. The summed E-state index contributed by atoms with van der Waals surface area (Å²) in [5.41, 5.74) is 2.31. The van der Waals surface area contributed by atoms with E-state index in [9.17, 15) is 8.42 Å². The van der Waals surface area contributed by atoms with Gasteiger partial charge in [-0.15, -0.1) is 0 Å². The summed E-state index contributed by atoms with van der Waals surface area (Å²) >= 11 is 0. The Kier molecular flexibility index (Phi) is 6.00. The van der Waals surface area contributed by atoms with Gasteiger partial charge >= 0.3 is 0 Å². The van der Waals surface area contributed by atoms with Crippen molar-refractivity contribution in [3.63, 3.8) is 0 Å². The molecule has 3 N–H and O–H groups in total. The molecule has 6 nitrogen and oxygen atoms in total. The van der Waals surface area contributed by atoms with Crippen molar-refractivity contribution in [2.45, 2.75) is 37.8 Å². The summed E-state index contributed by atoms with van der Waals surface area (Å²) < 4.78 is 33.7. The van der Waals surface area contributed by atoms with Gasteiger partial charge in [-0.3, -0.25) is 11.3 Å². The van der Waals surface area contributed by atoms with E-state index in [0.29, 0.717) is 26.2 Å². The molecule has 1 fully saturated rings. The largest absolute Gasteiger partial charge is 0.381 e. The Morgan fingerprint density at radius 2 is 2.06 bits per heavy atom. The number of nitrogens with one attached hydrogen (secondary N) is 1. The summed E-state index contributed by atoms with van der Waals surface area (Å²) in [6, 6.07) is -0.170. The van der Waals surface area contributed by atoms with Gasteiger partial charge in [0.1, 0.15) is 9.84 Å². The van der Waals surface area contributed by atoms with Gasteiger partial charge in [0.2, 0.25) is 0 Å². The maximum absolute atomic E-state index is 11.3. The molecule has 0 saturated carbocycles. The van der Waals surface area contributed by atoms with E-state index in [1.54, 1.807) is 0 Å². The van der Waals surface area contributed by atoms with Crippen LogP contribution in [0.2, 0.25) is 0 Å². The third-order valence-corrected chi connectivity index (χ3v) is 4.36. The van der Waals surface area contributed by atoms with Crippen LogP contribution in [0.25, 0.3) is 0 Å². The minimum Gasteiger partial charge on any atom is -0.381 e. The fraction of sp³-hybridized carbons (Fsp3) is 1.00. The van der Waals surface area contributed by atoms with Crippen molar-refractivity contribution < 1.29 is 17.9 Å². The van der Waals surface area contributed by atoms with Crippen LogP contribution in [0.5, 0.6) is 0 Å². The first-order valence-electron chi connectivity index (χ1n) is 6.29. The monoisotopic (exact) mass is 280 g/mol. The molecule has 7 heteroatoms. The summed E-state index contributed by atoms with van der Waals surface area (Å²) in [5, 5.41) is 0. The number of nitrogens with two attached hydrogens (primary N) is 1. The minimum absolute atomic E-state index is 0.109. The molecule has 0 aromatic heterocycles. The van der Waals surface area contributed by atoms with Crippen LogP contribution in [-0.4, -0.2) is 51.9 Å². The topological polar surface area (TPSA) is 90.7 Å². The Balaban J connectivity index is 2.73. The zero-order valence-corrected chi connectivity index (χ0v) is 12.0. The third kappa shape index (κ3) is 4.47. The van der Waals surface area contributed by atoms with Crippen LogP contribution in [0.15, 0.2) is 0 Å². The summed E-state index contributed by atoms with van der Waals surface area (Å²) in [6.45, 7) is 3.76. The quantitative estimate of drug-likeness (QED) is 0.497. The highest BCUT2D eigenvalue weighted by Crippen LogP contribution is 2.30. The molecule has 1 heterocycles. The van der Waals surface area contributed by atoms with Gasteiger partial charge in [0.25, 0.3) is 0 Å². The first kappa shape index (κ1) is 15.8. The summed E-state index contributed by atoms with van der Waals surface area (Å²) in [4.78, 5) is 0. The zero-order chi connectivity index (χ0) is 13.6. The lowest BCUT2D eigenvalue weighted by molar-refractivity contribution is -0.127. The molecule has 1 saturated heterocycles. The van der Waals surface area contributed by atoms with E-state index in [-0.39, 0.29) is 11.8 Å². The van der Waals surface area contributed by atoms with E-state index in [4.69, 9.17) is 15.3 Å². The lowest BCUT2D eigenvalue weighted by atomic mass is 9.85. The molecule has 18 heavy (non-hydrogen) atoms. The Morgan fingerprint density at radius 3 is 2.50 bits per heavy atom. The van der Waals surface area contributed by atoms with Crippen molar-refractivity contribution in [3.8, 4) is 0 Å². The van der Waals surface area contributed by atoms with Crippen molar-refractivity contribution in [1.82, 2.24) is 5.43 Å². The van der Waals surface area contributed by atoms with Crippen LogP contribution in [0.4, 0.5) is 0 Å². The van der Waals surface area contributed by atoms with E-state index in [1.165, 1.54) is 6.26 Å². The molecule has 0 spiro atoms. The molecule has 1 aliphatic rings. The van der Waals surface area contributed by atoms with Crippen molar-refractivity contribution in [3.05, 3.63) is 0 Å². The molecule has 0 aromatic rings. The lowest BCUT2D eigenvalue weighted by Crippen LogP contribution is -2.58. The predicted octanol–water partition coefficient (Wildman–Crippen LogP) is -0.161. The molecule has 0 bridgehead atoms. The third-order valence-electron chi connectivity index (χ3n) is 3.38. The Bertz CT molecular complexity index is 333. The summed E-state index contributed by atoms with van der Waals surface area (Å²) in [5.74, 6) is 5.69. The zero-order valence-electron chi connectivity index (χ0n) is 11.1. The molecule has 0 aliphatic carbocycles. The van der Waals surface area contributed by atoms with Crippen molar-refractivity contribution in [2.24, 2.45) is 5.84 Å². The maximum atomic E-state index is 11.3. The van der Waals surface area contributed by atoms with Gasteiger partial charge in [0.15, 0.2) is 0 Å². The number of hydrogen-bond donors (Lipinski definition) is 2. The molecule has 1 unspecified atom stereocenters. The molecular weight excluding hydrogens is 256 g/mol. The van der Waals surface area contributed by atoms with Crippen molar-refractivity contribution in [1.29, 1.82) is 0 Å². The van der Waals surface area contributed by atoms with Gasteiger partial charge in [-0.05, 0) is 13.3 Å². The van der Waals surface area contributed by atoms with Crippen LogP contribution in [-0.2, 0) is 19.3 Å². The van der Waals surface area contributed by atoms with E-state index in [1.807, 2.05) is 6.92 Å². The van der Waals surface area contributed by atoms with Crippen LogP contribution in [0.1, 0.15) is 26.2 Å². The fourth-order valence-electron chi connectivity index (χ4n) is 2.43. The van der Waals surface area contributed by atoms with E-state index in [2.05, 4.69) is 5.43 Å². The molecule has 1 rings (SSSR count). The average Bonchev–Trinajstić information content (AvgIpc) is 2.30. The number of ether oxygens (including phenoxy) is 2. The molecule has 0 aromatic carbocycles.